The van der Waals surface area contributed by atoms with Crippen LogP contribution >= 0.6 is 0 Å². The molecular formula is C9H7NO. The summed E-state index contributed by atoms with van der Waals surface area (Å²) in [4.78, 5) is 0. The number of furan rings is 1. The van der Waals surface area contributed by atoms with Gasteiger partial charge in [-0.1, -0.05) is 0 Å². The number of hydrogen-bond donors (Lipinski definition) is 0. The summed E-state index contributed by atoms with van der Waals surface area (Å²) in [6.45, 7) is 3.68. The standard InChI is InChI=1S/C9H7NO/c1-7-6-9(4-3-5-10)8(2)11-7/h6H,1-2H3. The van der Waals surface area contributed by atoms with Crippen LogP contribution in [-0.4, -0.2) is 0 Å². The van der Waals surface area contributed by atoms with Gasteiger partial charge in [-0.2, -0.15) is 5.26 Å². The van der Waals surface area contributed by atoms with E-state index >= 15 is 0 Å². The van der Waals surface area contributed by atoms with E-state index in [2.05, 4.69) is 11.8 Å². The van der Waals surface area contributed by atoms with Crippen LogP contribution in [0.3, 0.4) is 0 Å². The Kier molecular flexibility index (Phi) is 1.99. The SMILES string of the molecule is Cc1cc(C#CC#N)c(C)o1. The van der Waals surface area contributed by atoms with Crippen molar-refractivity contribution in [2.45, 2.75) is 13.8 Å². The zero-order chi connectivity index (χ0) is 8.27. The highest BCUT2D eigenvalue weighted by Gasteiger charge is 1.99. The zero-order valence-corrected chi connectivity index (χ0v) is 6.43. The number of hydrogen-bond acceptors (Lipinski definition) is 2. The first-order valence-corrected chi connectivity index (χ1v) is 3.21. The van der Waals surface area contributed by atoms with E-state index in [0.29, 0.717) is 0 Å². The summed E-state index contributed by atoms with van der Waals surface area (Å²) in [5.74, 6) is 6.59. The summed E-state index contributed by atoms with van der Waals surface area (Å²) in [6.07, 6.45) is 0. The van der Waals surface area contributed by atoms with Crippen molar-refractivity contribution in [3.05, 3.63) is 23.2 Å². The van der Waals surface area contributed by atoms with Crippen LogP contribution in [0, 0.1) is 37.0 Å². The minimum Gasteiger partial charge on any atom is -0.465 e. The second-order valence-corrected chi connectivity index (χ2v) is 2.19. The first-order chi connectivity index (χ1) is 5.24. The van der Waals surface area contributed by atoms with Crippen LogP contribution in [0.15, 0.2) is 10.5 Å². The predicted molar refractivity (Wildman–Crippen MR) is 40.7 cm³/mol. The molecule has 1 rings (SSSR count). The topological polar surface area (TPSA) is 36.9 Å². The van der Waals surface area contributed by atoms with Crippen molar-refractivity contribution in [2.75, 3.05) is 0 Å². The second-order valence-electron chi connectivity index (χ2n) is 2.19. The van der Waals surface area contributed by atoms with Crippen molar-refractivity contribution in [3.8, 4) is 17.9 Å². The van der Waals surface area contributed by atoms with Gasteiger partial charge in [-0.15, -0.1) is 0 Å². The largest absolute Gasteiger partial charge is 0.465 e. The molecule has 0 fully saturated rings. The second kappa shape index (κ2) is 2.94. The molecule has 0 aliphatic rings. The van der Waals surface area contributed by atoms with E-state index in [1.165, 1.54) is 0 Å². The van der Waals surface area contributed by atoms with Crippen LogP contribution < -0.4 is 0 Å². The molecule has 0 N–H and O–H groups in total. The molecule has 2 heteroatoms. The fourth-order valence-corrected chi connectivity index (χ4v) is 0.850. The Bertz CT molecular complexity index is 357. The van der Waals surface area contributed by atoms with Gasteiger partial charge in [0.05, 0.1) is 5.56 Å². The van der Waals surface area contributed by atoms with Gasteiger partial charge in [0.1, 0.15) is 11.5 Å². The number of aryl methyl sites for hydroxylation is 2. The highest BCUT2D eigenvalue weighted by atomic mass is 16.3. The van der Waals surface area contributed by atoms with Crippen molar-refractivity contribution < 1.29 is 4.42 Å². The summed E-state index contributed by atoms with van der Waals surface area (Å²) in [5, 5.41) is 8.17. The summed E-state index contributed by atoms with van der Waals surface area (Å²) in [5.41, 5.74) is 0.795. The summed E-state index contributed by atoms with van der Waals surface area (Å²) >= 11 is 0. The van der Waals surface area contributed by atoms with Gasteiger partial charge in [0.15, 0.2) is 6.07 Å². The van der Waals surface area contributed by atoms with Gasteiger partial charge in [0.2, 0.25) is 0 Å². The molecule has 11 heavy (non-hydrogen) atoms. The normalized spacial score (nSPS) is 8.09. The number of nitriles is 1. The first-order valence-electron chi connectivity index (χ1n) is 3.21. The maximum Gasteiger partial charge on any atom is 0.152 e. The Labute approximate surface area is 65.4 Å². The van der Waals surface area contributed by atoms with E-state index in [9.17, 15) is 0 Å². The van der Waals surface area contributed by atoms with E-state index in [4.69, 9.17) is 9.68 Å². The van der Waals surface area contributed by atoms with Gasteiger partial charge < -0.3 is 4.42 Å². The Morgan fingerprint density at radius 3 is 2.64 bits per heavy atom. The quantitative estimate of drug-likeness (QED) is 0.521. The molecule has 1 heterocycles. The van der Waals surface area contributed by atoms with Crippen molar-refractivity contribution in [3.63, 3.8) is 0 Å². The molecular weight excluding hydrogens is 138 g/mol. The molecule has 0 radical (unpaired) electrons. The first kappa shape index (κ1) is 7.44. The van der Waals surface area contributed by atoms with Crippen molar-refractivity contribution in [2.24, 2.45) is 0 Å². The summed E-state index contributed by atoms with van der Waals surface area (Å²) in [6, 6.07) is 3.57. The molecule has 0 unspecified atom stereocenters. The average Bonchev–Trinajstić information content (AvgIpc) is 2.26. The van der Waals surface area contributed by atoms with Crippen LogP contribution in [0.25, 0.3) is 0 Å². The molecule has 0 atom stereocenters. The van der Waals surface area contributed by atoms with Crippen molar-refractivity contribution in [1.29, 1.82) is 5.26 Å². The van der Waals surface area contributed by atoms with Gasteiger partial charge in [-0.25, -0.2) is 0 Å². The van der Waals surface area contributed by atoms with Crippen LogP contribution in [-0.2, 0) is 0 Å². The Morgan fingerprint density at radius 1 is 1.45 bits per heavy atom. The zero-order valence-electron chi connectivity index (χ0n) is 6.43. The van der Waals surface area contributed by atoms with Gasteiger partial charge in [-0.3, -0.25) is 0 Å². The van der Waals surface area contributed by atoms with Gasteiger partial charge in [0, 0.05) is 5.92 Å². The average molecular weight is 145 g/mol. The minimum absolute atomic E-state index is 0.769. The van der Waals surface area contributed by atoms with E-state index in [1.54, 1.807) is 6.07 Å². The van der Waals surface area contributed by atoms with E-state index in [-0.39, 0.29) is 0 Å². The summed E-state index contributed by atoms with van der Waals surface area (Å²) in [7, 11) is 0. The third-order valence-electron chi connectivity index (χ3n) is 1.29. The third kappa shape index (κ3) is 1.63. The molecule has 54 valence electrons. The Morgan fingerprint density at radius 2 is 2.18 bits per heavy atom. The monoisotopic (exact) mass is 145 g/mol. The fraction of sp³-hybridized carbons (Fsp3) is 0.222. The number of rotatable bonds is 0. The number of nitrogens with zero attached hydrogens (tertiary/aromatic N) is 1. The van der Waals surface area contributed by atoms with Crippen LogP contribution in [0.1, 0.15) is 17.1 Å². The van der Waals surface area contributed by atoms with Crippen molar-refractivity contribution >= 4 is 0 Å². The highest BCUT2D eigenvalue weighted by molar-refractivity contribution is 5.40. The van der Waals surface area contributed by atoms with Gasteiger partial charge >= 0.3 is 0 Å². The molecule has 0 saturated carbocycles. The lowest BCUT2D eigenvalue weighted by molar-refractivity contribution is 0.504. The molecule has 2 nitrogen and oxygen atoms in total. The lowest BCUT2D eigenvalue weighted by Gasteiger charge is -1.80. The highest BCUT2D eigenvalue weighted by Crippen LogP contribution is 2.11. The predicted octanol–water partition coefficient (Wildman–Crippen LogP) is 1.77. The van der Waals surface area contributed by atoms with Gasteiger partial charge in [-0.05, 0) is 25.8 Å². The molecule has 0 amide bonds. The van der Waals surface area contributed by atoms with E-state index in [1.807, 2.05) is 19.9 Å². The molecule has 0 saturated heterocycles. The van der Waals surface area contributed by atoms with Crippen LogP contribution in [0.5, 0.6) is 0 Å². The van der Waals surface area contributed by atoms with Gasteiger partial charge in [0.25, 0.3) is 0 Å². The lowest BCUT2D eigenvalue weighted by atomic mass is 10.2. The molecule has 0 bridgehead atoms. The molecule has 0 spiro atoms. The van der Waals surface area contributed by atoms with Crippen LogP contribution in [0.4, 0.5) is 0 Å². The van der Waals surface area contributed by atoms with Crippen molar-refractivity contribution in [1.82, 2.24) is 0 Å². The molecule has 0 aromatic carbocycles. The molecule has 1 aromatic rings. The fourth-order valence-electron chi connectivity index (χ4n) is 0.850. The molecule has 0 aliphatic carbocycles. The molecule has 0 aliphatic heterocycles. The lowest BCUT2D eigenvalue weighted by Crippen LogP contribution is -1.69. The molecule has 1 aromatic heterocycles. The Balaban J connectivity index is 3.06. The summed E-state index contributed by atoms with van der Waals surface area (Å²) < 4.78 is 5.20. The third-order valence-corrected chi connectivity index (χ3v) is 1.29. The van der Waals surface area contributed by atoms with E-state index in [0.717, 1.165) is 17.1 Å². The Hall–Kier alpha value is -1.67. The maximum absolute atomic E-state index is 8.17. The minimum atomic E-state index is 0.769. The van der Waals surface area contributed by atoms with E-state index < -0.39 is 0 Å². The maximum atomic E-state index is 8.17. The smallest absolute Gasteiger partial charge is 0.152 e. The van der Waals surface area contributed by atoms with Crippen LogP contribution in [0.2, 0.25) is 0 Å².